The first-order valence-corrected chi connectivity index (χ1v) is 12.1. The maximum absolute atomic E-state index is 12.9. The first kappa shape index (κ1) is 23.7. The van der Waals surface area contributed by atoms with Gasteiger partial charge in [0.15, 0.2) is 0 Å². The van der Waals surface area contributed by atoms with Crippen LogP contribution in [0.3, 0.4) is 0 Å². The normalized spacial score (nSPS) is 14.8. The Hall–Kier alpha value is -2.91. The molecule has 9 heteroatoms. The Balaban J connectivity index is 1.68. The molecule has 0 radical (unpaired) electrons. The molecule has 0 atom stereocenters. The number of carbonyl (C=O) groups is 2. The molecule has 0 aromatic heterocycles. The molecule has 3 rings (SSSR count). The maximum Gasteiger partial charge on any atom is 0.270 e. The highest BCUT2D eigenvalue weighted by Crippen LogP contribution is 2.23. The lowest BCUT2D eigenvalue weighted by molar-refractivity contribution is 0.0846. The lowest BCUT2D eigenvalue weighted by Gasteiger charge is -2.26. The summed E-state index contributed by atoms with van der Waals surface area (Å²) in [5.74, 6) is -0.446. The SMILES string of the molecule is Cc1ccc(S(=O)(=O)N2CCCCC2)cc1C(=O)NNC(=O)c1ccc(OC(C)C)cc1. The first-order valence-electron chi connectivity index (χ1n) is 10.7. The van der Waals surface area contributed by atoms with Crippen LogP contribution in [0.2, 0.25) is 0 Å². The third kappa shape index (κ3) is 5.66. The molecule has 2 amide bonds. The van der Waals surface area contributed by atoms with Crippen LogP contribution >= 0.6 is 0 Å². The largest absolute Gasteiger partial charge is 0.491 e. The highest BCUT2D eigenvalue weighted by Gasteiger charge is 2.27. The molecular weight excluding hydrogens is 430 g/mol. The number of nitrogens with one attached hydrogen (secondary N) is 2. The van der Waals surface area contributed by atoms with E-state index in [9.17, 15) is 18.0 Å². The van der Waals surface area contributed by atoms with E-state index in [0.29, 0.717) is 30.0 Å². The standard InChI is InChI=1S/C23H29N3O5S/c1-16(2)31-19-10-8-18(9-11-19)22(27)24-25-23(28)21-15-20(12-7-17(21)3)32(29,30)26-13-5-4-6-14-26/h7-12,15-16H,4-6,13-14H2,1-3H3,(H,24,27)(H,25,28). The van der Waals surface area contributed by atoms with Gasteiger partial charge in [0.2, 0.25) is 10.0 Å². The molecule has 172 valence electrons. The Morgan fingerprint density at radius 1 is 0.938 bits per heavy atom. The number of nitrogens with zero attached hydrogens (tertiary/aromatic N) is 1. The van der Waals surface area contributed by atoms with Gasteiger partial charge in [-0.15, -0.1) is 0 Å². The molecule has 2 aromatic carbocycles. The highest BCUT2D eigenvalue weighted by molar-refractivity contribution is 7.89. The maximum atomic E-state index is 12.9. The van der Waals surface area contributed by atoms with Gasteiger partial charge in [0.05, 0.1) is 11.0 Å². The number of aryl methyl sites for hydroxylation is 1. The average molecular weight is 460 g/mol. The van der Waals surface area contributed by atoms with Gasteiger partial charge < -0.3 is 4.74 Å². The van der Waals surface area contributed by atoms with Crippen LogP contribution < -0.4 is 15.6 Å². The van der Waals surface area contributed by atoms with Crippen molar-refractivity contribution in [3.05, 3.63) is 59.2 Å². The van der Waals surface area contributed by atoms with E-state index < -0.39 is 21.8 Å². The Bertz CT molecular complexity index is 1080. The number of amides is 2. The predicted molar refractivity (Wildman–Crippen MR) is 121 cm³/mol. The summed E-state index contributed by atoms with van der Waals surface area (Å²) in [7, 11) is -3.67. The molecule has 1 aliphatic heterocycles. The van der Waals surface area contributed by atoms with Gasteiger partial charge in [0, 0.05) is 24.2 Å². The van der Waals surface area contributed by atoms with E-state index in [-0.39, 0.29) is 16.6 Å². The van der Waals surface area contributed by atoms with E-state index in [0.717, 1.165) is 19.3 Å². The molecule has 0 unspecified atom stereocenters. The van der Waals surface area contributed by atoms with Gasteiger partial charge in [0.1, 0.15) is 5.75 Å². The van der Waals surface area contributed by atoms with Crippen LogP contribution in [0.4, 0.5) is 0 Å². The zero-order valence-corrected chi connectivity index (χ0v) is 19.4. The molecule has 1 fully saturated rings. The Kier molecular flexibility index (Phi) is 7.52. The van der Waals surface area contributed by atoms with Crippen molar-refractivity contribution in [2.24, 2.45) is 0 Å². The van der Waals surface area contributed by atoms with Crippen molar-refractivity contribution in [1.29, 1.82) is 0 Å². The molecule has 0 aliphatic carbocycles. The van der Waals surface area contributed by atoms with Gasteiger partial charge in [-0.05, 0) is 75.6 Å². The van der Waals surface area contributed by atoms with Crippen molar-refractivity contribution in [3.8, 4) is 5.75 Å². The van der Waals surface area contributed by atoms with Crippen molar-refractivity contribution in [1.82, 2.24) is 15.2 Å². The summed E-state index contributed by atoms with van der Waals surface area (Å²) < 4.78 is 32.9. The summed E-state index contributed by atoms with van der Waals surface area (Å²) >= 11 is 0. The average Bonchev–Trinajstić information content (AvgIpc) is 2.78. The van der Waals surface area contributed by atoms with Crippen molar-refractivity contribution in [2.45, 2.75) is 51.0 Å². The number of piperidine rings is 1. The molecule has 1 saturated heterocycles. The van der Waals surface area contributed by atoms with Gasteiger partial charge in [-0.2, -0.15) is 4.31 Å². The van der Waals surface area contributed by atoms with Crippen LogP contribution in [-0.2, 0) is 10.0 Å². The molecule has 1 heterocycles. The van der Waals surface area contributed by atoms with Crippen molar-refractivity contribution < 1.29 is 22.7 Å². The summed E-state index contributed by atoms with van der Waals surface area (Å²) in [6.07, 6.45) is 2.69. The Morgan fingerprint density at radius 2 is 1.56 bits per heavy atom. The van der Waals surface area contributed by atoms with Gasteiger partial charge in [-0.3, -0.25) is 20.4 Å². The first-order chi connectivity index (χ1) is 15.2. The number of ether oxygens (including phenoxy) is 1. The summed E-state index contributed by atoms with van der Waals surface area (Å²) in [5, 5.41) is 0. The summed E-state index contributed by atoms with van der Waals surface area (Å²) in [4.78, 5) is 25.1. The highest BCUT2D eigenvalue weighted by atomic mass is 32.2. The Labute approximate surface area is 189 Å². The topological polar surface area (TPSA) is 105 Å². The fraction of sp³-hybridized carbons (Fsp3) is 0.391. The smallest absolute Gasteiger partial charge is 0.270 e. The van der Waals surface area contributed by atoms with E-state index in [4.69, 9.17) is 4.74 Å². The van der Waals surface area contributed by atoms with Crippen LogP contribution in [0.15, 0.2) is 47.4 Å². The fourth-order valence-electron chi connectivity index (χ4n) is 3.47. The van der Waals surface area contributed by atoms with Crippen LogP contribution in [-0.4, -0.2) is 43.7 Å². The van der Waals surface area contributed by atoms with Crippen LogP contribution in [0, 0.1) is 6.92 Å². The van der Waals surface area contributed by atoms with Crippen LogP contribution in [0.1, 0.15) is 59.4 Å². The lowest BCUT2D eigenvalue weighted by atomic mass is 10.1. The molecular formula is C23H29N3O5S. The zero-order chi connectivity index (χ0) is 23.3. The van der Waals surface area contributed by atoms with E-state index in [2.05, 4.69) is 10.9 Å². The van der Waals surface area contributed by atoms with Crippen molar-refractivity contribution in [3.63, 3.8) is 0 Å². The van der Waals surface area contributed by atoms with Gasteiger partial charge in [-0.25, -0.2) is 8.42 Å². The summed E-state index contributed by atoms with van der Waals surface area (Å²) in [6.45, 7) is 6.49. The van der Waals surface area contributed by atoms with Gasteiger partial charge in [-0.1, -0.05) is 12.5 Å². The minimum Gasteiger partial charge on any atom is -0.491 e. The van der Waals surface area contributed by atoms with E-state index >= 15 is 0 Å². The zero-order valence-electron chi connectivity index (χ0n) is 18.6. The number of hydrogen-bond acceptors (Lipinski definition) is 5. The second kappa shape index (κ2) is 10.1. The molecule has 2 N–H and O–H groups in total. The van der Waals surface area contributed by atoms with Gasteiger partial charge in [0.25, 0.3) is 11.8 Å². The molecule has 8 nitrogen and oxygen atoms in total. The molecule has 0 spiro atoms. The summed E-state index contributed by atoms with van der Waals surface area (Å²) in [6, 6.07) is 11.0. The van der Waals surface area contributed by atoms with E-state index in [1.165, 1.54) is 16.4 Å². The third-order valence-electron chi connectivity index (χ3n) is 5.18. The van der Waals surface area contributed by atoms with Crippen molar-refractivity contribution >= 4 is 21.8 Å². The van der Waals surface area contributed by atoms with Crippen LogP contribution in [0.25, 0.3) is 0 Å². The van der Waals surface area contributed by atoms with Gasteiger partial charge >= 0.3 is 0 Å². The van der Waals surface area contributed by atoms with Crippen LogP contribution in [0.5, 0.6) is 5.75 Å². The quantitative estimate of drug-likeness (QED) is 0.646. The third-order valence-corrected chi connectivity index (χ3v) is 7.08. The minimum absolute atomic E-state index is 0.0201. The molecule has 32 heavy (non-hydrogen) atoms. The minimum atomic E-state index is -3.67. The second-order valence-electron chi connectivity index (χ2n) is 8.04. The lowest BCUT2D eigenvalue weighted by Crippen LogP contribution is -2.42. The molecule has 1 aliphatic rings. The fourth-order valence-corrected chi connectivity index (χ4v) is 5.01. The van der Waals surface area contributed by atoms with Crippen molar-refractivity contribution in [2.75, 3.05) is 13.1 Å². The molecule has 0 bridgehead atoms. The predicted octanol–water partition coefficient (Wildman–Crippen LogP) is 3.03. The number of hydrogen-bond donors (Lipinski definition) is 2. The number of sulfonamides is 1. The number of rotatable bonds is 6. The van der Waals surface area contributed by atoms with E-state index in [1.807, 2.05) is 13.8 Å². The number of benzene rings is 2. The monoisotopic (exact) mass is 459 g/mol. The van der Waals surface area contributed by atoms with E-state index in [1.54, 1.807) is 37.3 Å². The molecule has 2 aromatic rings. The number of hydrazine groups is 1. The second-order valence-corrected chi connectivity index (χ2v) is 9.98. The summed E-state index contributed by atoms with van der Waals surface area (Å²) in [5.41, 5.74) is 5.86. The molecule has 0 saturated carbocycles. The Morgan fingerprint density at radius 3 is 2.19 bits per heavy atom. The number of carbonyl (C=O) groups excluding carboxylic acids is 2.